The molecular weight excluding hydrogens is 331 g/mol. The molecule has 0 saturated heterocycles. The Labute approximate surface area is 131 Å². The number of hydrogen-bond acceptors (Lipinski definition) is 1. The lowest BCUT2D eigenvalue weighted by Crippen LogP contribution is -2.03. The van der Waals surface area contributed by atoms with Crippen LogP contribution in [-0.2, 0) is 13.0 Å². The van der Waals surface area contributed by atoms with E-state index in [9.17, 15) is 4.39 Å². The average Bonchev–Trinajstić information content (AvgIpc) is 2.81. The second kappa shape index (κ2) is 6.00. The molecule has 2 nitrogen and oxygen atoms in total. The molecular formula is C17H16BrFN2. The highest BCUT2D eigenvalue weighted by Gasteiger charge is 2.10. The summed E-state index contributed by atoms with van der Waals surface area (Å²) in [5, 5.41) is 1.19. The maximum Gasteiger partial charge on any atom is 0.129 e. The molecule has 0 spiro atoms. The zero-order valence-electron chi connectivity index (χ0n) is 11.5. The fraction of sp³-hybridized carbons (Fsp3) is 0.176. The molecule has 2 aromatic carbocycles. The van der Waals surface area contributed by atoms with E-state index in [1.165, 1.54) is 17.0 Å². The number of halogens is 2. The molecule has 3 aromatic rings. The fourth-order valence-electron chi connectivity index (χ4n) is 2.64. The third-order valence-electron chi connectivity index (χ3n) is 3.64. The minimum absolute atomic E-state index is 0.192. The zero-order chi connectivity index (χ0) is 14.8. The largest absolute Gasteiger partial charge is 0.343 e. The molecule has 0 aliphatic carbocycles. The first kappa shape index (κ1) is 14.3. The minimum Gasteiger partial charge on any atom is -0.343 e. The van der Waals surface area contributed by atoms with Gasteiger partial charge < -0.3 is 10.3 Å². The highest BCUT2D eigenvalue weighted by atomic mass is 79.9. The summed E-state index contributed by atoms with van der Waals surface area (Å²) in [4.78, 5) is 0. The molecule has 0 fully saturated rings. The van der Waals surface area contributed by atoms with Crippen LogP contribution in [0.4, 0.5) is 4.39 Å². The van der Waals surface area contributed by atoms with Gasteiger partial charge in [-0.25, -0.2) is 4.39 Å². The van der Waals surface area contributed by atoms with Gasteiger partial charge in [-0.2, -0.15) is 0 Å². The summed E-state index contributed by atoms with van der Waals surface area (Å²) >= 11 is 3.29. The maximum absolute atomic E-state index is 14.0. The summed E-state index contributed by atoms with van der Waals surface area (Å²) in [5.74, 6) is -0.192. The Kier molecular flexibility index (Phi) is 4.08. The maximum atomic E-state index is 14.0. The van der Waals surface area contributed by atoms with Crippen LogP contribution in [-0.4, -0.2) is 11.1 Å². The van der Waals surface area contributed by atoms with Gasteiger partial charge in [-0.3, -0.25) is 0 Å². The summed E-state index contributed by atoms with van der Waals surface area (Å²) in [7, 11) is 0. The summed E-state index contributed by atoms with van der Waals surface area (Å²) < 4.78 is 16.9. The van der Waals surface area contributed by atoms with Crippen molar-refractivity contribution in [3.8, 4) is 0 Å². The van der Waals surface area contributed by atoms with Crippen molar-refractivity contribution in [2.45, 2.75) is 13.0 Å². The van der Waals surface area contributed by atoms with E-state index >= 15 is 0 Å². The van der Waals surface area contributed by atoms with Crippen LogP contribution >= 0.6 is 15.9 Å². The van der Waals surface area contributed by atoms with Gasteiger partial charge in [-0.15, -0.1) is 0 Å². The van der Waals surface area contributed by atoms with Gasteiger partial charge in [0.15, 0.2) is 0 Å². The van der Waals surface area contributed by atoms with E-state index in [1.807, 2.05) is 24.3 Å². The molecule has 4 heteroatoms. The van der Waals surface area contributed by atoms with E-state index in [2.05, 4.69) is 38.8 Å². The number of aromatic nitrogens is 1. The Morgan fingerprint density at radius 2 is 1.90 bits per heavy atom. The van der Waals surface area contributed by atoms with Crippen molar-refractivity contribution < 1.29 is 4.39 Å². The average molecular weight is 347 g/mol. The molecule has 0 unspecified atom stereocenters. The van der Waals surface area contributed by atoms with Gasteiger partial charge in [0, 0.05) is 27.1 Å². The Bertz CT molecular complexity index is 780. The number of fused-ring (bicyclic) bond motifs is 1. The zero-order valence-corrected chi connectivity index (χ0v) is 13.1. The fourth-order valence-corrected chi connectivity index (χ4v) is 2.97. The molecule has 1 aromatic heterocycles. The van der Waals surface area contributed by atoms with Gasteiger partial charge in [0.1, 0.15) is 5.82 Å². The Balaban J connectivity index is 2.04. The number of hydrogen-bond donors (Lipinski definition) is 1. The molecule has 3 rings (SSSR count). The molecule has 0 bridgehead atoms. The number of benzene rings is 2. The van der Waals surface area contributed by atoms with E-state index in [0.717, 1.165) is 16.4 Å². The van der Waals surface area contributed by atoms with E-state index in [0.29, 0.717) is 18.7 Å². The van der Waals surface area contributed by atoms with Crippen LogP contribution in [0.1, 0.15) is 11.1 Å². The Morgan fingerprint density at radius 3 is 2.67 bits per heavy atom. The molecule has 0 aliphatic heterocycles. The van der Waals surface area contributed by atoms with Crippen molar-refractivity contribution in [2.24, 2.45) is 5.73 Å². The van der Waals surface area contributed by atoms with Crippen molar-refractivity contribution in [3.05, 3.63) is 70.1 Å². The number of nitrogens with zero attached hydrogens (tertiary/aromatic N) is 1. The predicted molar refractivity (Wildman–Crippen MR) is 87.9 cm³/mol. The van der Waals surface area contributed by atoms with Gasteiger partial charge in [0.2, 0.25) is 0 Å². The molecule has 1 heterocycles. The monoisotopic (exact) mass is 346 g/mol. The molecule has 2 N–H and O–H groups in total. The van der Waals surface area contributed by atoms with Crippen LogP contribution in [0, 0.1) is 5.82 Å². The number of nitrogens with two attached hydrogens (primary N) is 1. The molecule has 0 atom stereocenters. The van der Waals surface area contributed by atoms with Crippen LogP contribution in [0.15, 0.2) is 53.1 Å². The highest BCUT2D eigenvalue weighted by Crippen LogP contribution is 2.24. The Morgan fingerprint density at radius 1 is 1.10 bits per heavy atom. The van der Waals surface area contributed by atoms with E-state index in [4.69, 9.17) is 5.73 Å². The van der Waals surface area contributed by atoms with Crippen LogP contribution < -0.4 is 5.73 Å². The second-order valence-corrected chi connectivity index (χ2v) is 5.99. The van der Waals surface area contributed by atoms with Gasteiger partial charge in [0.25, 0.3) is 0 Å². The van der Waals surface area contributed by atoms with Crippen molar-refractivity contribution in [3.63, 3.8) is 0 Å². The lowest BCUT2D eigenvalue weighted by molar-refractivity contribution is 0.601. The highest BCUT2D eigenvalue weighted by molar-refractivity contribution is 9.10. The third-order valence-corrected chi connectivity index (χ3v) is 4.13. The van der Waals surface area contributed by atoms with Crippen LogP contribution in [0.25, 0.3) is 10.9 Å². The minimum atomic E-state index is -0.192. The van der Waals surface area contributed by atoms with Gasteiger partial charge in [0.05, 0.1) is 6.54 Å². The molecule has 0 radical (unpaired) electrons. The van der Waals surface area contributed by atoms with E-state index < -0.39 is 0 Å². The SMILES string of the molecule is NCCc1cn(Cc2ccc(Br)cc2F)c2ccccc12. The van der Waals surface area contributed by atoms with Crippen LogP contribution in [0.2, 0.25) is 0 Å². The quantitative estimate of drug-likeness (QED) is 0.757. The second-order valence-electron chi connectivity index (χ2n) is 5.07. The summed E-state index contributed by atoms with van der Waals surface area (Å²) in [6, 6.07) is 13.4. The first-order valence-corrected chi connectivity index (χ1v) is 7.69. The lowest BCUT2D eigenvalue weighted by atomic mass is 10.1. The van der Waals surface area contributed by atoms with Gasteiger partial charge in [-0.1, -0.05) is 40.2 Å². The molecule has 21 heavy (non-hydrogen) atoms. The molecule has 0 aliphatic rings. The van der Waals surface area contributed by atoms with Crippen LogP contribution in [0.3, 0.4) is 0 Å². The smallest absolute Gasteiger partial charge is 0.129 e. The number of para-hydroxylation sites is 1. The first-order valence-electron chi connectivity index (χ1n) is 6.90. The van der Waals surface area contributed by atoms with Crippen molar-refractivity contribution >= 4 is 26.8 Å². The van der Waals surface area contributed by atoms with E-state index in [1.54, 1.807) is 0 Å². The Hall–Kier alpha value is -1.65. The van der Waals surface area contributed by atoms with Gasteiger partial charge in [-0.05, 0) is 36.7 Å². The molecule has 108 valence electrons. The standard InChI is InChI=1S/C17H16BrFN2/c18-14-6-5-13(16(19)9-14)11-21-10-12(7-8-20)15-3-1-2-4-17(15)21/h1-6,9-10H,7-8,11,20H2. The molecule has 0 saturated carbocycles. The summed E-state index contributed by atoms with van der Waals surface area (Å²) in [6.07, 6.45) is 2.91. The predicted octanol–water partition coefficient (Wildman–Crippen LogP) is 4.09. The van der Waals surface area contributed by atoms with Crippen molar-refractivity contribution in [2.75, 3.05) is 6.54 Å². The number of rotatable bonds is 4. The van der Waals surface area contributed by atoms with E-state index in [-0.39, 0.29) is 5.82 Å². The lowest BCUT2D eigenvalue weighted by Gasteiger charge is -2.07. The van der Waals surface area contributed by atoms with Crippen molar-refractivity contribution in [1.82, 2.24) is 4.57 Å². The first-order chi connectivity index (χ1) is 10.2. The van der Waals surface area contributed by atoms with Crippen molar-refractivity contribution in [1.29, 1.82) is 0 Å². The normalized spacial score (nSPS) is 11.2. The van der Waals surface area contributed by atoms with Crippen LogP contribution in [0.5, 0.6) is 0 Å². The topological polar surface area (TPSA) is 30.9 Å². The summed E-state index contributed by atoms with van der Waals surface area (Å²) in [5.41, 5.74) is 8.69. The summed E-state index contributed by atoms with van der Waals surface area (Å²) in [6.45, 7) is 1.13. The third kappa shape index (κ3) is 2.87. The van der Waals surface area contributed by atoms with Gasteiger partial charge >= 0.3 is 0 Å². The molecule has 0 amide bonds.